The van der Waals surface area contributed by atoms with Crippen LogP contribution in [-0.4, -0.2) is 42.9 Å². The minimum absolute atomic E-state index is 0.311. The van der Waals surface area contributed by atoms with Gasteiger partial charge in [-0.05, 0) is 6.92 Å². The molecular weight excluding hydrogens is 222 g/mol. The lowest BCUT2D eigenvalue weighted by Gasteiger charge is -2.10. The number of hydrogen-bond donors (Lipinski definition) is 2. The molecular formula is C8H13NO5S. The van der Waals surface area contributed by atoms with E-state index in [9.17, 15) is 18.0 Å². The molecule has 0 aromatic carbocycles. The van der Waals surface area contributed by atoms with E-state index in [2.05, 4.69) is 6.58 Å². The van der Waals surface area contributed by atoms with E-state index >= 15 is 0 Å². The van der Waals surface area contributed by atoms with Crippen LogP contribution in [0.2, 0.25) is 0 Å². The molecule has 0 spiro atoms. The van der Waals surface area contributed by atoms with Crippen molar-refractivity contribution >= 4 is 21.7 Å². The van der Waals surface area contributed by atoms with Crippen molar-refractivity contribution in [3.63, 3.8) is 0 Å². The topological polar surface area (TPSA) is 101 Å². The highest BCUT2D eigenvalue weighted by Gasteiger charge is 2.26. The molecule has 7 heteroatoms. The quantitative estimate of drug-likeness (QED) is 0.586. The van der Waals surface area contributed by atoms with E-state index in [1.807, 2.05) is 5.32 Å². The van der Waals surface area contributed by atoms with Gasteiger partial charge in [-0.3, -0.25) is 9.59 Å². The van der Waals surface area contributed by atoms with Crippen molar-refractivity contribution in [2.75, 3.05) is 12.3 Å². The Labute approximate surface area is 87.9 Å². The van der Waals surface area contributed by atoms with Gasteiger partial charge in [0.05, 0.1) is 5.75 Å². The Morgan fingerprint density at radius 1 is 1.53 bits per heavy atom. The number of sulfone groups is 1. The minimum Gasteiger partial charge on any atom is -0.480 e. The third-order valence-corrected chi connectivity index (χ3v) is 3.66. The summed E-state index contributed by atoms with van der Waals surface area (Å²) in [5.74, 6) is -2.36. The van der Waals surface area contributed by atoms with Crippen LogP contribution in [-0.2, 0) is 19.4 Å². The van der Waals surface area contributed by atoms with Crippen molar-refractivity contribution in [3.05, 3.63) is 12.7 Å². The number of carbonyl (C=O) groups excluding carboxylic acids is 1. The number of carboxylic acids is 1. The zero-order valence-electron chi connectivity index (χ0n) is 8.26. The van der Waals surface area contributed by atoms with Crippen molar-refractivity contribution in [1.29, 1.82) is 0 Å². The van der Waals surface area contributed by atoms with Gasteiger partial charge in [-0.25, -0.2) is 8.42 Å². The smallest absolute Gasteiger partial charge is 0.322 e. The molecule has 0 saturated heterocycles. The average Bonchev–Trinajstić information content (AvgIpc) is 2.12. The predicted octanol–water partition coefficient (Wildman–Crippen LogP) is -0.823. The van der Waals surface area contributed by atoms with E-state index in [0.29, 0.717) is 0 Å². The minimum atomic E-state index is -3.58. The van der Waals surface area contributed by atoms with Gasteiger partial charge in [-0.1, -0.05) is 6.08 Å². The summed E-state index contributed by atoms with van der Waals surface area (Å²) >= 11 is 0. The van der Waals surface area contributed by atoms with E-state index in [1.165, 1.54) is 13.0 Å². The van der Waals surface area contributed by atoms with Gasteiger partial charge in [0.15, 0.2) is 9.84 Å². The van der Waals surface area contributed by atoms with Crippen LogP contribution in [0.4, 0.5) is 0 Å². The summed E-state index contributed by atoms with van der Waals surface area (Å²) in [6.45, 7) is 3.87. The molecule has 0 heterocycles. The number of aliphatic carboxylic acids is 1. The summed E-state index contributed by atoms with van der Waals surface area (Å²) in [5.41, 5.74) is 0. The Hall–Kier alpha value is -1.37. The second-order valence-corrected chi connectivity index (χ2v) is 5.24. The van der Waals surface area contributed by atoms with Gasteiger partial charge in [0.25, 0.3) is 0 Å². The third kappa shape index (κ3) is 4.59. The number of carboxylic acid groups (broad SMARTS) is 1. The molecule has 0 rings (SSSR count). The lowest BCUT2D eigenvalue weighted by molar-refractivity contribution is -0.137. The van der Waals surface area contributed by atoms with Gasteiger partial charge >= 0.3 is 5.97 Å². The molecule has 0 fully saturated rings. The lowest BCUT2D eigenvalue weighted by atomic mass is 10.4. The molecule has 0 radical (unpaired) electrons. The standard InChI is InChI=1S/C8H13NO5S/c1-3-4-15(13,14)6(2)8(12)9-5-7(10)11/h3,6H,1,4-5H2,2H3,(H,9,12)(H,10,11). The van der Waals surface area contributed by atoms with Crippen LogP contribution in [0.1, 0.15) is 6.92 Å². The van der Waals surface area contributed by atoms with Crippen molar-refractivity contribution < 1.29 is 23.1 Å². The maximum absolute atomic E-state index is 11.3. The Morgan fingerprint density at radius 2 is 2.07 bits per heavy atom. The highest BCUT2D eigenvalue weighted by Crippen LogP contribution is 2.02. The zero-order valence-corrected chi connectivity index (χ0v) is 9.08. The molecule has 0 aliphatic heterocycles. The first-order valence-electron chi connectivity index (χ1n) is 4.13. The molecule has 6 nitrogen and oxygen atoms in total. The monoisotopic (exact) mass is 235 g/mol. The van der Waals surface area contributed by atoms with Crippen LogP contribution in [0, 0.1) is 0 Å². The number of nitrogens with one attached hydrogen (secondary N) is 1. The summed E-state index contributed by atoms with van der Waals surface area (Å²) in [5, 5.41) is 9.00. The molecule has 1 atom stereocenters. The van der Waals surface area contributed by atoms with E-state index in [-0.39, 0.29) is 5.75 Å². The first kappa shape index (κ1) is 13.6. The molecule has 0 aliphatic carbocycles. The van der Waals surface area contributed by atoms with E-state index in [0.717, 1.165) is 0 Å². The molecule has 15 heavy (non-hydrogen) atoms. The summed E-state index contributed by atoms with van der Waals surface area (Å²) < 4.78 is 22.7. The maximum atomic E-state index is 11.3. The number of rotatable bonds is 6. The molecule has 1 amide bonds. The van der Waals surface area contributed by atoms with Crippen molar-refractivity contribution in [3.8, 4) is 0 Å². The first-order chi connectivity index (χ1) is 6.81. The Kier molecular flexibility index (Phi) is 4.99. The Balaban J connectivity index is 4.44. The molecule has 0 aliphatic rings. The van der Waals surface area contributed by atoms with Gasteiger partial charge in [-0.15, -0.1) is 6.58 Å². The largest absolute Gasteiger partial charge is 0.480 e. The first-order valence-corrected chi connectivity index (χ1v) is 5.84. The summed E-state index contributed by atoms with van der Waals surface area (Å²) in [6, 6.07) is 0. The van der Waals surface area contributed by atoms with Crippen LogP contribution in [0.15, 0.2) is 12.7 Å². The summed E-state index contributed by atoms with van der Waals surface area (Å²) in [6.07, 6.45) is 1.18. The number of hydrogen-bond acceptors (Lipinski definition) is 4. The number of amides is 1. The SMILES string of the molecule is C=CCS(=O)(=O)C(C)C(=O)NCC(=O)O. The molecule has 0 bridgehead atoms. The van der Waals surface area contributed by atoms with Crippen LogP contribution in [0.3, 0.4) is 0 Å². The molecule has 0 aromatic rings. The average molecular weight is 235 g/mol. The van der Waals surface area contributed by atoms with E-state index in [4.69, 9.17) is 5.11 Å². The van der Waals surface area contributed by atoms with Gasteiger partial charge < -0.3 is 10.4 Å². The van der Waals surface area contributed by atoms with Gasteiger partial charge in [0.1, 0.15) is 11.8 Å². The fraction of sp³-hybridized carbons (Fsp3) is 0.500. The van der Waals surface area contributed by atoms with Gasteiger partial charge in [-0.2, -0.15) is 0 Å². The van der Waals surface area contributed by atoms with Crippen LogP contribution in [0.25, 0.3) is 0 Å². The second-order valence-electron chi connectivity index (χ2n) is 2.87. The summed E-state index contributed by atoms with van der Waals surface area (Å²) in [4.78, 5) is 21.3. The molecule has 1 unspecified atom stereocenters. The summed E-state index contributed by atoms with van der Waals surface area (Å²) in [7, 11) is -3.58. The Bertz CT molecular complexity index is 359. The third-order valence-electron chi connectivity index (χ3n) is 1.67. The maximum Gasteiger partial charge on any atom is 0.322 e. The molecule has 2 N–H and O–H groups in total. The highest BCUT2D eigenvalue weighted by atomic mass is 32.2. The number of carbonyl (C=O) groups is 2. The Morgan fingerprint density at radius 3 is 2.47 bits per heavy atom. The van der Waals surface area contributed by atoms with E-state index in [1.54, 1.807) is 0 Å². The van der Waals surface area contributed by atoms with Crippen LogP contribution in [0.5, 0.6) is 0 Å². The van der Waals surface area contributed by atoms with E-state index < -0.39 is 33.5 Å². The predicted molar refractivity (Wildman–Crippen MR) is 54.1 cm³/mol. The van der Waals surface area contributed by atoms with Crippen LogP contribution >= 0.6 is 0 Å². The fourth-order valence-electron chi connectivity index (χ4n) is 0.778. The normalized spacial score (nSPS) is 12.9. The molecule has 0 aromatic heterocycles. The van der Waals surface area contributed by atoms with Crippen molar-refractivity contribution in [1.82, 2.24) is 5.32 Å². The molecule has 86 valence electrons. The molecule has 0 saturated carbocycles. The second kappa shape index (κ2) is 5.50. The van der Waals surface area contributed by atoms with Crippen LogP contribution < -0.4 is 5.32 Å². The zero-order chi connectivity index (χ0) is 12.1. The van der Waals surface area contributed by atoms with Crippen molar-refractivity contribution in [2.24, 2.45) is 0 Å². The lowest BCUT2D eigenvalue weighted by Crippen LogP contribution is -2.40. The van der Waals surface area contributed by atoms with Gasteiger partial charge in [0, 0.05) is 0 Å². The fourth-order valence-corrected chi connectivity index (χ4v) is 1.80. The van der Waals surface area contributed by atoms with Gasteiger partial charge in [0.2, 0.25) is 5.91 Å². The highest BCUT2D eigenvalue weighted by molar-refractivity contribution is 7.92. The van der Waals surface area contributed by atoms with Crippen molar-refractivity contribution in [2.45, 2.75) is 12.2 Å².